The smallest absolute Gasteiger partial charge is 0.345 e. The maximum absolute atomic E-state index is 12.5. The summed E-state index contributed by atoms with van der Waals surface area (Å²) in [4.78, 5) is 24.8. The number of benzene rings is 3. The zero-order chi connectivity index (χ0) is 26.1. The molecule has 0 saturated carbocycles. The number of nitrogens with zero attached hydrogens (tertiary/aromatic N) is 1. The summed E-state index contributed by atoms with van der Waals surface area (Å²) in [5.74, 6) is 0.579. The molecule has 0 atom stereocenters. The number of hydrazone groups is 1. The van der Waals surface area contributed by atoms with Gasteiger partial charge in [0.05, 0.1) is 23.4 Å². The van der Waals surface area contributed by atoms with Crippen molar-refractivity contribution in [3.05, 3.63) is 87.9 Å². The molecule has 0 spiro atoms. The number of nitrogens with one attached hydrogen (secondary N) is 1. The lowest BCUT2D eigenvalue weighted by atomic mass is 10.0. The van der Waals surface area contributed by atoms with Gasteiger partial charge in [0.1, 0.15) is 5.75 Å². The number of carbonyl (C=O) groups is 2. The lowest BCUT2D eigenvalue weighted by molar-refractivity contribution is -0.123. The lowest BCUT2D eigenvalue weighted by Crippen LogP contribution is -2.25. The molecule has 0 unspecified atom stereocenters. The molecule has 3 rings (SSSR count). The summed E-state index contributed by atoms with van der Waals surface area (Å²) in [6.45, 7) is 8.13. The average molecular weight is 509 g/mol. The summed E-state index contributed by atoms with van der Waals surface area (Å²) < 4.78 is 16.8. The topological polar surface area (TPSA) is 86.2 Å². The summed E-state index contributed by atoms with van der Waals surface area (Å²) >= 11 is 6.09. The number of amides is 1. The van der Waals surface area contributed by atoms with E-state index < -0.39 is 11.9 Å². The standard InChI is InChI=1S/C28H29ClN2O5/c1-5-34-26-15-20(11-13-24(26)36-28(33)22-8-6-7-9-23(22)29)16-30-31-27(32)17-35-25-14-19(4)10-12-21(25)18(2)3/h6-16,18H,5,17H2,1-4H3,(H,31,32). The molecule has 0 heterocycles. The van der Waals surface area contributed by atoms with Crippen molar-refractivity contribution >= 4 is 29.7 Å². The van der Waals surface area contributed by atoms with Gasteiger partial charge >= 0.3 is 5.97 Å². The van der Waals surface area contributed by atoms with Gasteiger partial charge in [-0.1, -0.05) is 49.7 Å². The van der Waals surface area contributed by atoms with Crippen LogP contribution in [0.1, 0.15) is 53.7 Å². The summed E-state index contributed by atoms with van der Waals surface area (Å²) in [6.07, 6.45) is 1.46. The first kappa shape index (κ1) is 26.8. The first-order valence-corrected chi connectivity index (χ1v) is 11.9. The second-order valence-corrected chi connectivity index (χ2v) is 8.69. The number of rotatable bonds is 10. The quantitative estimate of drug-likeness (QED) is 0.159. The third kappa shape index (κ3) is 7.33. The Kier molecular flexibility index (Phi) is 9.47. The first-order chi connectivity index (χ1) is 17.3. The van der Waals surface area contributed by atoms with Gasteiger partial charge in [-0.15, -0.1) is 0 Å². The van der Waals surface area contributed by atoms with Crippen molar-refractivity contribution in [1.82, 2.24) is 5.43 Å². The Labute approximate surface area is 216 Å². The molecular weight excluding hydrogens is 480 g/mol. The van der Waals surface area contributed by atoms with E-state index in [1.807, 2.05) is 32.0 Å². The fourth-order valence-corrected chi connectivity index (χ4v) is 3.55. The Morgan fingerprint density at radius 3 is 2.50 bits per heavy atom. The van der Waals surface area contributed by atoms with Crippen LogP contribution in [0.5, 0.6) is 17.2 Å². The van der Waals surface area contributed by atoms with E-state index in [1.165, 1.54) is 6.21 Å². The third-order valence-electron chi connectivity index (χ3n) is 5.12. The normalized spacial score (nSPS) is 10.9. The summed E-state index contributed by atoms with van der Waals surface area (Å²) in [5.41, 5.74) is 5.44. The van der Waals surface area contributed by atoms with Gasteiger partial charge in [0.15, 0.2) is 18.1 Å². The summed E-state index contributed by atoms with van der Waals surface area (Å²) in [7, 11) is 0. The fraction of sp³-hybridized carbons (Fsp3) is 0.250. The van der Waals surface area contributed by atoms with Crippen molar-refractivity contribution in [1.29, 1.82) is 0 Å². The predicted octanol–water partition coefficient (Wildman–Crippen LogP) is 5.92. The molecule has 8 heteroatoms. The number of hydrogen-bond donors (Lipinski definition) is 1. The van der Waals surface area contributed by atoms with Gasteiger partial charge in [-0.3, -0.25) is 4.79 Å². The molecule has 36 heavy (non-hydrogen) atoms. The second-order valence-electron chi connectivity index (χ2n) is 8.29. The van der Waals surface area contributed by atoms with Gasteiger partial charge in [-0.25, -0.2) is 10.2 Å². The van der Waals surface area contributed by atoms with E-state index in [2.05, 4.69) is 24.4 Å². The zero-order valence-electron chi connectivity index (χ0n) is 20.7. The van der Waals surface area contributed by atoms with Crippen LogP contribution in [0.15, 0.2) is 65.8 Å². The molecule has 0 radical (unpaired) electrons. The SMILES string of the molecule is CCOc1cc(C=NNC(=O)COc2cc(C)ccc2C(C)C)ccc1OC(=O)c1ccccc1Cl. The van der Waals surface area contributed by atoms with Crippen molar-refractivity contribution in [2.75, 3.05) is 13.2 Å². The highest BCUT2D eigenvalue weighted by Crippen LogP contribution is 2.30. The third-order valence-corrected chi connectivity index (χ3v) is 5.45. The molecule has 0 saturated heterocycles. The molecule has 188 valence electrons. The average Bonchev–Trinajstić information content (AvgIpc) is 2.84. The Bertz CT molecular complexity index is 1260. The van der Waals surface area contributed by atoms with Gasteiger partial charge < -0.3 is 14.2 Å². The number of hydrogen-bond acceptors (Lipinski definition) is 6. The first-order valence-electron chi connectivity index (χ1n) is 11.6. The fourth-order valence-electron chi connectivity index (χ4n) is 3.34. The highest BCUT2D eigenvalue weighted by atomic mass is 35.5. The number of halogens is 1. The number of carbonyl (C=O) groups excluding carboxylic acids is 2. The van der Waals surface area contributed by atoms with Crippen LogP contribution in [0.3, 0.4) is 0 Å². The zero-order valence-corrected chi connectivity index (χ0v) is 21.5. The van der Waals surface area contributed by atoms with Crippen molar-refractivity contribution < 1.29 is 23.8 Å². The van der Waals surface area contributed by atoms with Gasteiger partial charge in [-0.2, -0.15) is 5.10 Å². The van der Waals surface area contributed by atoms with E-state index in [1.54, 1.807) is 42.5 Å². The molecule has 0 aliphatic carbocycles. The van der Waals surface area contributed by atoms with Crippen molar-refractivity contribution in [3.63, 3.8) is 0 Å². The highest BCUT2D eigenvalue weighted by molar-refractivity contribution is 6.33. The molecule has 3 aromatic rings. The summed E-state index contributed by atoms with van der Waals surface area (Å²) in [6, 6.07) is 17.5. The maximum Gasteiger partial charge on any atom is 0.345 e. The van der Waals surface area contributed by atoms with E-state index >= 15 is 0 Å². The van der Waals surface area contributed by atoms with Crippen LogP contribution in [-0.4, -0.2) is 31.3 Å². The molecule has 7 nitrogen and oxygen atoms in total. The molecule has 3 aromatic carbocycles. The molecule has 0 aliphatic heterocycles. The van der Waals surface area contributed by atoms with E-state index in [0.29, 0.717) is 28.7 Å². The van der Waals surface area contributed by atoms with Crippen LogP contribution < -0.4 is 19.6 Å². The molecule has 1 N–H and O–H groups in total. The van der Waals surface area contributed by atoms with Gasteiger partial charge in [0, 0.05) is 0 Å². The van der Waals surface area contributed by atoms with Crippen LogP contribution in [0.2, 0.25) is 5.02 Å². The molecule has 0 fully saturated rings. The summed E-state index contributed by atoms with van der Waals surface area (Å²) in [5, 5.41) is 4.29. The van der Waals surface area contributed by atoms with Crippen LogP contribution in [0.25, 0.3) is 0 Å². The van der Waals surface area contributed by atoms with Crippen LogP contribution in [-0.2, 0) is 4.79 Å². The largest absolute Gasteiger partial charge is 0.490 e. The van der Waals surface area contributed by atoms with Gasteiger partial charge in [0.2, 0.25) is 0 Å². The molecule has 1 amide bonds. The highest BCUT2D eigenvalue weighted by Gasteiger charge is 2.16. The monoisotopic (exact) mass is 508 g/mol. The van der Waals surface area contributed by atoms with Gasteiger partial charge in [-0.05, 0) is 72.9 Å². The van der Waals surface area contributed by atoms with E-state index in [9.17, 15) is 9.59 Å². The number of aryl methyl sites for hydroxylation is 1. The second kappa shape index (κ2) is 12.7. The van der Waals surface area contributed by atoms with Crippen molar-refractivity contribution in [2.24, 2.45) is 5.10 Å². The molecule has 0 bridgehead atoms. The number of esters is 1. The minimum atomic E-state index is -0.593. The Morgan fingerprint density at radius 1 is 1.00 bits per heavy atom. The van der Waals surface area contributed by atoms with E-state index in [-0.39, 0.29) is 23.8 Å². The Morgan fingerprint density at radius 2 is 1.78 bits per heavy atom. The minimum Gasteiger partial charge on any atom is -0.490 e. The van der Waals surface area contributed by atoms with E-state index in [4.69, 9.17) is 25.8 Å². The molecule has 0 aromatic heterocycles. The van der Waals surface area contributed by atoms with Gasteiger partial charge in [0.25, 0.3) is 5.91 Å². The van der Waals surface area contributed by atoms with Crippen LogP contribution >= 0.6 is 11.6 Å². The van der Waals surface area contributed by atoms with Crippen molar-refractivity contribution in [3.8, 4) is 17.2 Å². The molecule has 0 aliphatic rings. The predicted molar refractivity (Wildman–Crippen MR) is 141 cm³/mol. The molecular formula is C28H29ClN2O5. The minimum absolute atomic E-state index is 0.165. The number of ether oxygens (including phenoxy) is 3. The Balaban J connectivity index is 1.62. The maximum atomic E-state index is 12.5. The lowest BCUT2D eigenvalue weighted by Gasteiger charge is -2.14. The van der Waals surface area contributed by atoms with Crippen molar-refractivity contribution in [2.45, 2.75) is 33.6 Å². The van der Waals surface area contributed by atoms with Crippen LogP contribution in [0.4, 0.5) is 0 Å². The van der Waals surface area contributed by atoms with E-state index in [0.717, 1.165) is 11.1 Å². The van der Waals surface area contributed by atoms with Crippen LogP contribution in [0, 0.1) is 6.92 Å². The Hall–Kier alpha value is -3.84.